The van der Waals surface area contributed by atoms with E-state index in [1.165, 1.54) is 18.2 Å². The van der Waals surface area contributed by atoms with E-state index >= 15 is 0 Å². The summed E-state index contributed by atoms with van der Waals surface area (Å²) < 4.78 is 30.6. The Hall–Kier alpha value is -1.67. The molecule has 0 aliphatic heterocycles. The molecule has 0 fully saturated rings. The third-order valence-corrected chi connectivity index (χ3v) is 5.77. The molecule has 10 heteroatoms. The zero-order valence-corrected chi connectivity index (χ0v) is 18.3. The van der Waals surface area contributed by atoms with Gasteiger partial charge in [0, 0.05) is 10.0 Å². The summed E-state index contributed by atoms with van der Waals surface area (Å²) in [5, 5.41) is 3.69. The lowest BCUT2D eigenvalue weighted by molar-refractivity contribution is -0.119. The van der Waals surface area contributed by atoms with Gasteiger partial charge in [0.05, 0.1) is 23.5 Å². The Kier molecular flexibility index (Phi) is 7.83. The van der Waals surface area contributed by atoms with E-state index in [9.17, 15) is 13.2 Å². The summed E-state index contributed by atoms with van der Waals surface area (Å²) in [5.41, 5.74) is 1.11. The molecule has 152 valence electrons. The van der Waals surface area contributed by atoms with Crippen molar-refractivity contribution in [3.8, 4) is 5.75 Å². The number of hydrogen-bond donors (Lipinski definition) is 1. The molecule has 0 spiro atoms. The number of anilines is 1. The standard InChI is InChI=1S/C18H19Cl3N2O4S/c1-12-3-5-14(10-15(12)20)27-8-7-22-18(24)11-23(28(2,25)26)17-6-4-13(19)9-16(17)21/h3-6,9-10H,7-8,11H2,1-2H3,(H,22,24). The van der Waals surface area contributed by atoms with Crippen LogP contribution in [-0.4, -0.2) is 40.3 Å². The normalized spacial score (nSPS) is 11.2. The van der Waals surface area contributed by atoms with Crippen molar-refractivity contribution in [2.45, 2.75) is 6.92 Å². The molecule has 0 aliphatic carbocycles. The Morgan fingerprint density at radius 3 is 2.43 bits per heavy atom. The predicted octanol–water partition coefficient (Wildman–Crippen LogP) is 3.92. The summed E-state index contributed by atoms with van der Waals surface area (Å²) in [4.78, 5) is 12.2. The van der Waals surface area contributed by atoms with Gasteiger partial charge >= 0.3 is 0 Å². The van der Waals surface area contributed by atoms with Crippen LogP contribution in [-0.2, 0) is 14.8 Å². The van der Waals surface area contributed by atoms with Gasteiger partial charge in [0.25, 0.3) is 0 Å². The molecule has 0 heterocycles. The number of ether oxygens (including phenoxy) is 1. The van der Waals surface area contributed by atoms with Crippen LogP contribution in [0.2, 0.25) is 15.1 Å². The molecule has 1 N–H and O–H groups in total. The summed E-state index contributed by atoms with van der Waals surface area (Å²) >= 11 is 17.9. The fraction of sp³-hybridized carbons (Fsp3) is 0.278. The molecular weight excluding hydrogens is 447 g/mol. The van der Waals surface area contributed by atoms with Gasteiger partial charge in [-0.25, -0.2) is 8.42 Å². The molecule has 6 nitrogen and oxygen atoms in total. The van der Waals surface area contributed by atoms with E-state index < -0.39 is 22.5 Å². The second-order valence-electron chi connectivity index (χ2n) is 5.97. The third kappa shape index (κ3) is 6.44. The highest BCUT2D eigenvalue weighted by Gasteiger charge is 2.23. The number of sulfonamides is 1. The van der Waals surface area contributed by atoms with Crippen LogP contribution in [0.15, 0.2) is 36.4 Å². The van der Waals surface area contributed by atoms with Crippen LogP contribution < -0.4 is 14.4 Å². The van der Waals surface area contributed by atoms with Gasteiger partial charge in [-0.15, -0.1) is 0 Å². The molecular formula is C18H19Cl3N2O4S. The van der Waals surface area contributed by atoms with E-state index in [4.69, 9.17) is 39.5 Å². The van der Waals surface area contributed by atoms with Crippen LogP contribution in [0.3, 0.4) is 0 Å². The van der Waals surface area contributed by atoms with Gasteiger partial charge in [-0.3, -0.25) is 9.10 Å². The van der Waals surface area contributed by atoms with Crippen molar-refractivity contribution in [2.75, 3.05) is 30.3 Å². The number of hydrogen-bond acceptors (Lipinski definition) is 4. The number of nitrogens with zero attached hydrogens (tertiary/aromatic N) is 1. The van der Waals surface area contributed by atoms with E-state index in [0.717, 1.165) is 16.1 Å². The second kappa shape index (κ2) is 9.69. The molecule has 0 unspecified atom stereocenters. The van der Waals surface area contributed by atoms with E-state index in [1.54, 1.807) is 12.1 Å². The summed E-state index contributed by atoms with van der Waals surface area (Å²) in [6.45, 7) is 1.85. The zero-order valence-electron chi connectivity index (χ0n) is 15.2. The molecule has 0 atom stereocenters. The average molecular weight is 466 g/mol. The predicted molar refractivity (Wildman–Crippen MR) is 113 cm³/mol. The van der Waals surface area contributed by atoms with Crippen molar-refractivity contribution in [1.82, 2.24) is 5.32 Å². The Morgan fingerprint density at radius 2 is 1.82 bits per heavy atom. The Balaban J connectivity index is 1.94. The number of benzene rings is 2. The van der Waals surface area contributed by atoms with Crippen LogP contribution in [0.5, 0.6) is 5.75 Å². The number of carbonyl (C=O) groups is 1. The first-order chi connectivity index (χ1) is 13.1. The maximum Gasteiger partial charge on any atom is 0.240 e. The minimum Gasteiger partial charge on any atom is -0.492 e. The molecule has 2 aromatic rings. The highest BCUT2D eigenvalue weighted by molar-refractivity contribution is 7.92. The van der Waals surface area contributed by atoms with E-state index in [0.29, 0.717) is 15.8 Å². The van der Waals surface area contributed by atoms with Crippen molar-refractivity contribution in [2.24, 2.45) is 0 Å². The van der Waals surface area contributed by atoms with Crippen LogP contribution in [0.1, 0.15) is 5.56 Å². The lowest BCUT2D eigenvalue weighted by atomic mass is 10.2. The number of rotatable bonds is 8. The molecule has 2 rings (SSSR count). The lowest BCUT2D eigenvalue weighted by Crippen LogP contribution is -2.41. The van der Waals surface area contributed by atoms with Gasteiger partial charge in [0.15, 0.2) is 0 Å². The minimum absolute atomic E-state index is 0.130. The molecule has 2 aromatic carbocycles. The summed E-state index contributed by atoms with van der Waals surface area (Å²) in [6, 6.07) is 9.65. The van der Waals surface area contributed by atoms with Gasteiger partial charge in [-0.1, -0.05) is 40.9 Å². The number of halogens is 3. The van der Waals surface area contributed by atoms with Gasteiger partial charge in [0.2, 0.25) is 15.9 Å². The molecule has 0 aromatic heterocycles. The summed E-state index contributed by atoms with van der Waals surface area (Å²) in [5.74, 6) is 0.0811. The highest BCUT2D eigenvalue weighted by Crippen LogP contribution is 2.30. The smallest absolute Gasteiger partial charge is 0.240 e. The van der Waals surface area contributed by atoms with Crippen LogP contribution >= 0.6 is 34.8 Å². The molecule has 1 amide bonds. The number of amides is 1. The Morgan fingerprint density at radius 1 is 1.11 bits per heavy atom. The molecule has 0 aliphatic rings. The largest absolute Gasteiger partial charge is 0.492 e. The Bertz CT molecular complexity index is 967. The first-order valence-electron chi connectivity index (χ1n) is 8.16. The molecule has 0 saturated carbocycles. The topological polar surface area (TPSA) is 75.7 Å². The fourth-order valence-electron chi connectivity index (χ4n) is 2.27. The van der Waals surface area contributed by atoms with Gasteiger partial charge in [-0.2, -0.15) is 0 Å². The highest BCUT2D eigenvalue weighted by atomic mass is 35.5. The van der Waals surface area contributed by atoms with Gasteiger partial charge < -0.3 is 10.1 Å². The summed E-state index contributed by atoms with van der Waals surface area (Å²) in [7, 11) is -3.73. The lowest BCUT2D eigenvalue weighted by Gasteiger charge is -2.23. The van der Waals surface area contributed by atoms with Crippen molar-refractivity contribution < 1.29 is 17.9 Å². The third-order valence-electron chi connectivity index (χ3n) is 3.70. The molecule has 0 saturated heterocycles. The van der Waals surface area contributed by atoms with Crippen molar-refractivity contribution >= 4 is 56.4 Å². The second-order valence-corrected chi connectivity index (χ2v) is 9.13. The fourth-order valence-corrected chi connectivity index (χ4v) is 3.87. The number of aryl methyl sites for hydroxylation is 1. The first kappa shape index (κ1) is 22.6. The average Bonchev–Trinajstić information content (AvgIpc) is 2.59. The molecule has 0 bridgehead atoms. The van der Waals surface area contributed by atoms with E-state index in [1.807, 2.05) is 13.0 Å². The quantitative estimate of drug-likeness (QED) is 0.600. The summed E-state index contributed by atoms with van der Waals surface area (Å²) in [6.07, 6.45) is 0.995. The Labute approximate surface area is 179 Å². The maximum absolute atomic E-state index is 12.2. The zero-order chi connectivity index (χ0) is 20.9. The van der Waals surface area contributed by atoms with Crippen LogP contribution in [0.4, 0.5) is 5.69 Å². The molecule has 0 radical (unpaired) electrons. The minimum atomic E-state index is -3.73. The maximum atomic E-state index is 12.2. The van der Waals surface area contributed by atoms with Crippen molar-refractivity contribution in [3.63, 3.8) is 0 Å². The van der Waals surface area contributed by atoms with Gasteiger partial charge in [0.1, 0.15) is 18.9 Å². The number of nitrogens with one attached hydrogen (secondary N) is 1. The molecule has 28 heavy (non-hydrogen) atoms. The number of carbonyl (C=O) groups excluding carboxylic acids is 1. The van der Waals surface area contributed by atoms with Crippen molar-refractivity contribution in [1.29, 1.82) is 0 Å². The van der Waals surface area contributed by atoms with Crippen molar-refractivity contribution in [3.05, 3.63) is 57.0 Å². The van der Waals surface area contributed by atoms with Crippen LogP contribution in [0.25, 0.3) is 0 Å². The first-order valence-corrected chi connectivity index (χ1v) is 11.1. The van der Waals surface area contributed by atoms with Crippen LogP contribution in [0, 0.1) is 6.92 Å². The SMILES string of the molecule is Cc1ccc(OCCNC(=O)CN(c2ccc(Cl)cc2Cl)S(C)(=O)=O)cc1Cl. The monoisotopic (exact) mass is 464 g/mol. The van der Waals surface area contributed by atoms with E-state index in [2.05, 4.69) is 5.32 Å². The van der Waals surface area contributed by atoms with E-state index in [-0.39, 0.29) is 23.9 Å². The van der Waals surface area contributed by atoms with Gasteiger partial charge in [-0.05, 0) is 42.8 Å².